The maximum atomic E-state index is 10.3. The molecule has 0 amide bonds. The van der Waals surface area contributed by atoms with Gasteiger partial charge in [0.2, 0.25) is 12.5 Å². The number of methoxy groups -OCH3 is 2. The Balaban J connectivity index is 2.28. The molecular weight excluding hydrogens is 260 g/mol. The van der Waals surface area contributed by atoms with Crippen molar-refractivity contribution in [3.63, 3.8) is 0 Å². The average molecular weight is 274 g/mol. The third kappa shape index (κ3) is 1.79. The molecule has 0 aliphatic carbocycles. The van der Waals surface area contributed by atoms with Gasteiger partial charge in [-0.3, -0.25) is 0 Å². The molecule has 0 unspecified atom stereocenters. The number of hydrogen-bond acceptors (Lipinski definition) is 5. The lowest BCUT2D eigenvalue weighted by atomic mass is 10.0. The predicted molar refractivity (Wildman–Crippen MR) is 72.8 cm³/mol. The first-order valence-electron chi connectivity index (χ1n) is 6.09. The second-order valence-electron chi connectivity index (χ2n) is 4.24. The van der Waals surface area contributed by atoms with Crippen LogP contribution in [-0.4, -0.2) is 26.1 Å². The summed E-state index contributed by atoms with van der Waals surface area (Å²) in [6, 6.07) is 8.91. The molecule has 3 rings (SSSR count). The lowest BCUT2D eigenvalue weighted by Gasteiger charge is -2.15. The molecule has 0 saturated heterocycles. The Labute approximate surface area is 116 Å². The van der Waals surface area contributed by atoms with E-state index >= 15 is 0 Å². The van der Waals surface area contributed by atoms with Gasteiger partial charge in [-0.15, -0.1) is 0 Å². The summed E-state index contributed by atoms with van der Waals surface area (Å²) in [5.41, 5.74) is 1.25. The molecule has 104 valence electrons. The van der Waals surface area contributed by atoms with Crippen LogP contribution in [-0.2, 0) is 0 Å². The molecule has 0 spiro atoms. The van der Waals surface area contributed by atoms with Gasteiger partial charge in [0.25, 0.3) is 0 Å². The minimum absolute atomic E-state index is 0.0515. The molecule has 0 radical (unpaired) electrons. The van der Waals surface area contributed by atoms with Crippen LogP contribution >= 0.6 is 0 Å². The summed E-state index contributed by atoms with van der Waals surface area (Å²) >= 11 is 0. The number of aromatic hydroxyl groups is 1. The molecule has 5 heteroatoms. The van der Waals surface area contributed by atoms with Gasteiger partial charge in [-0.1, -0.05) is 18.2 Å². The zero-order chi connectivity index (χ0) is 14.1. The van der Waals surface area contributed by atoms with Gasteiger partial charge in [-0.2, -0.15) is 0 Å². The van der Waals surface area contributed by atoms with Gasteiger partial charge in [0.1, 0.15) is 11.5 Å². The van der Waals surface area contributed by atoms with Crippen LogP contribution < -0.4 is 18.9 Å². The van der Waals surface area contributed by atoms with Crippen LogP contribution in [0.15, 0.2) is 30.3 Å². The average Bonchev–Trinajstić information content (AvgIpc) is 2.93. The summed E-state index contributed by atoms with van der Waals surface area (Å²) in [7, 11) is 3.10. The van der Waals surface area contributed by atoms with E-state index in [0.29, 0.717) is 28.6 Å². The van der Waals surface area contributed by atoms with Crippen LogP contribution in [0, 0.1) is 0 Å². The molecule has 20 heavy (non-hydrogen) atoms. The number of para-hydroxylation sites is 1. The zero-order valence-corrected chi connectivity index (χ0v) is 11.2. The Morgan fingerprint density at radius 1 is 1.10 bits per heavy atom. The Morgan fingerprint density at radius 2 is 1.90 bits per heavy atom. The first-order chi connectivity index (χ1) is 9.76. The minimum atomic E-state index is 0.0515. The topological polar surface area (TPSA) is 57.2 Å². The second kappa shape index (κ2) is 4.85. The lowest BCUT2D eigenvalue weighted by Crippen LogP contribution is -1.95. The van der Waals surface area contributed by atoms with Gasteiger partial charge in [-0.25, -0.2) is 0 Å². The fraction of sp³-hybridized carbons (Fsp3) is 0.200. The lowest BCUT2D eigenvalue weighted by molar-refractivity contribution is 0.171. The first-order valence-corrected chi connectivity index (χ1v) is 6.09. The molecule has 0 bridgehead atoms. The first kappa shape index (κ1) is 12.5. The van der Waals surface area contributed by atoms with Crippen molar-refractivity contribution in [1.82, 2.24) is 0 Å². The SMILES string of the molecule is COc1ccccc1-c1c(O)cc2c(c1OC)OCO2. The van der Waals surface area contributed by atoms with E-state index in [1.807, 2.05) is 24.3 Å². The van der Waals surface area contributed by atoms with E-state index in [4.69, 9.17) is 18.9 Å². The highest BCUT2D eigenvalue weighted by atomic mass is 16.7. The normalized spacial score (nSPS) is 12.3. The molecule has 1 aliphatic heterocycles. The molecular formula is C15H14O5. The van der Waals surface area contributed by atoms with Crippen molar-refractivity contribution in [2.24, 2.45) is 0 Å². The molecule has 0 aromatic heterocycles. The van der Waals surface area contributed by atoms with Crippen LogP contribution in [0.3, 0.4) is 0 Å². The highest BCUT2D eigenvalue weighted by Crippen LogP contribution is 2.52. The van der Waals surface area contributed by atoms with Crippen molar-refractivity contribution < 1.29 is 24.1 Å². The minimum Gasteiger partial charge on any atom is -0.507 e. The molecule has 5 nitrogen and oxygen atoms in total. The van der Waals surface area contributed by atoms with Crippen LogP contribution in [0.4, 0.5) is 0 Å². The van der Waals surface area contributed by atoms with Crippen LogP contribution in [0.5, 0.6) is 28.7 Å². The summed E-state index contributed by atoms with van der Waals surface area (Å²) in [6.45, 7) is 0.112. The monoisotopic (exact) mass is 274 g/mol. The Hall–Kier alpha value is -2.56. The van der Waals surface area contributed by atoms with Gasteiger partial charge in [-0.05, 0) is 6.07 Å². The quantitative estimate of drug-likeness (QED) is 0.932. The van der Waals surface area contributed by atoms with E-state index in [2.05, 4.69) is 0 Å². The van der Waals surface area contributed by atoms with E-state index in [9.17, 15) is 5.11 Å². The fourth-order valence-corrected chi connectivity index (χ4v) is 2.31. The number of rotatable bonds is 3. The number of benzene rings is 2. The van der Waals surface area contributed by atoms with Crippen molar-refractivity contribution in [2.45, 2.75) is 0 Å². The van der Waals surface area contributed by atoms with Crippen molar-refractivity contribution >= 4 is 0 Å². The molecule has 2 aromatic rings. The third-order valence-corrected chi connectivity index (χ3v) is 3.18. The van der Waals surface area contributed by atoms with Gasteiger partial charge in [0.15, 0.2) is 11.5 Å². The van der Waals surface area contributed by atoms with E-state index < -0.39 is 0 Å². The molecule has 0 atom stereocenters. The summed E-state index contributed by atoms with van der Waals surface area (Å²) in [5, 5.41) is 10.3. The van der Waals surface area contributed by atoms with Gasteiger partial charge >= 0.3 is 0 Å². The summed E-state index contributed by atoms with van der Waals surface area (Å²) in [4.78, 5) is 0. The Kier molecular flexibility index (Phi) is 3.02. The number of hydrogen-bond donors (Lipinski definition) is 1. The number of phenols is 1. The van der Waals surface area contributed by atoms with Crippen molar-refractivity contribution in [3.05, 3.63) is 30.3 Å². The molecule has 0 fully saturated rings. The zero-order valence-electron chi connectivity index (χ0n) is 11.2. The largest absolute Gasteiger partial charge is 0.507 e. The molecule has 0 saturated carbocycles. The van der Waals surface area contributed by atoms with Crippen LogP contribution in [0.2, 0.25) is 0 Å². The maximum Gasteiger partial charge on any atom is 0.231 e. The highest BCUT2D eigenvalue weighted by Gasteiger charge is 2.27. The standard InChI is InChI=1S/C15H14O5/c1-17-11-6-4-3-5-9(11)13-10(16)7-12-14(15(13)18-2)20-8-19-12/h3-7,16H,8H2,1-2H3. The maximum absolute atomic E-state index is 10.3. The molecule has 1 aliphatic rings. The van der Waals surface area contributed by atoms with Crippen LogP contribution in [0.1, 0.15) is 0 Å². The van der Waals surface area contributed by atoms with Gasteiger partial charge in [0, 0.05) is 11.6 Å². The third-order valence-electron chi connectivity index (χ3n) is 3.18. The number of ether oxygens (including phenoxy) is 4. The molecule has 1 heterocycles. The molecule has 1 N–H and O–H groups in total. The smallest absolute Gasteiger partial charge is 0.231 e. The van der Waals surface area contributed by atoms with Crippen molar-refractivity contribution in [2.75, 3.05) is 21.0 Å². The summed E-state index contributed by atoms with van der Waals surface area (Å²) in [6.07, 6.45) is 0. The van der Waals surface area contributed by atoms with E-state index in [-0.39, 0.29) is 12.5 Å². The van der Waals surface area contributed by atoms with E-state index in [1.165, 1.54) is 13.2 Å². The summed E-state index contributed by atoms with van der Waals surface area (Å²) < 4.78 is 21.4. The van der Waals surface area contributed by atoms with Crippen molar-refractivity contribution in [1.29, 1.82) is 0 Å². The van der Waals surface area contributed by atoms with Gasteiger partial charge < -0.3 is 24.1 Å². The van der Waals surface area contributed by atoms with Crippen molar-refractivity contribution in [3.8, 4) is 39.9 Å². The number of fused-ring (bicyclic) bond motifs is 1. The fourth-order valence-electron chi connectivity index (χ4n) is 2.31. The molecule has 2 aromatic carbocycles. The van der Waals surface area contributed by atoms with Gasteiger partial charge in [0.05, 0.1) is 19.8 Å². The predicted octanol–water partition coefficient (Wildman–Crippen LogP) is 2.81. The van der Waals surface area contributed by atoms with Crippen LogP contribution in [0.25, 0.3) is 11.1 Å². The van der Waals surface area contributed by atoms with E-state index in [0.717, 1.165) is 5.56 Å². The van der Waals surface area contributed by atoms with E-state index in [1.54, 1.807) is 7.11 Å². The Bertz CT molecular complexity index is 651. The Morgan fingerprint density at radius 3 is 2.65 bits per heavy atom. The number of phenolic OH excluding ortho intramolecular Hbond substituents is 1. The highest BCUT2D eigenvalue weighted by molar-refractivity contribution is 5.85. The second-order valence-corrected chi connectivity index (χ2v) is 4.24. The summed E-state index contributed by atoms with van der Waals surface area (Å²) in [5.74, 6) is 2.08.